The molecule has 0 aromatic carbocycles. The molecule has 4 aliphatic carbocycles. The lowest BCUT2D eigenvalue weighted by Gasteiger charge is -2.57. The third-order valence-electron chi connectivity index (χ3n) is 11.0. The minimum absolute atomic E-state index is 0.212. The van der Waals surface area contributed by atoms with Gasteiger partial charge in [0.15, 0.2) is 0 Å². The number of hydrogen-bond donors (Lipinski definition) is 3. The number of fused-ring (bicyclic) bond motifs is 4. The third-order valence-corrected chi connectivity index (χ3v) is 11.0. The molecule has 0 aliphatic heterocycles. The number of aromatic nitrogens is 1. The van der Waals surface area contributed by atoms with Crippen LogP contribution < -0.4 is 0 Å². The van der Waals surface area contributed by atoms with Crippen LogP contribution in [0.15, 0.2) is 42.3 Å². The smallest absolute Gasteiger partial charge is 0.0462 e. The van der Waals surface area contributed by atoms with Gasteiger partial charge in [-0.15, -0.1) is 0 Å². The van der Waals surface area contributed by atoms with E-state index in [4.69, 9.17) is 0 Å². The lowest BCUT2D eigenvalue weighted by atomic mass is 9.47. The van der Waals surface area contributed by atoms with Crippen LogP contribution in [0.1, 0.15) is 71.8 Å². The highest BCUT2D eigenvalue weighted by Gasteiger charge is 2.72. The van der Waals surface area contributed by atoms with Crippen LogP contribution in [0.2, 0.25) is 0 Å². The quantitative estimate of drug-likeness (QED) is 0.465. The van der Waals surface area contributed by atoms with Crippen LogP contribution in [0, 0.1) is 51.8 Å². The van der Waals surface area contributed by atoms with E-state index < -0.39 is 0 Å². The van der Waals surface area contributed by atoms with Gasteiger partial charge in [0.05, 0.1) is 0 Å². The summed E-state index contributed by atoms with van der Waals surface area (Å²) in [6.45, 7) is 15.1. The summed E-state index contributed by atoms with van der Waals surface area (Å²) < 4.78 is 0. The number of aromatic amines is 1. The molecular formula is C30H45NO2. The van der Waals surface area contributed by atoms with Gasteiger partial charge in [0.1, 0.15) is 0 Å². The number of hydrogen-bond acceptors (Lipinski definition) is 2. The summed E-state index contributed by atoms with van der Waals surface area (Å²) in [7, 11) is 0. The number of rotatable bonds is 7. The Morgan fingerprint density at radius 2 is 2.00 bits per heavy atom. The summed E-state index contributed by atoms with van der Waals surface area (Å²) in [6, 6.07) is 2.14. The Balaban J connectivity index is 1.42. The number of H-pyrrole nitrogens is 1. The molecule has 0 bridgehead atoms. The Kier molecular flexibility index (Phi) is 5.77. The second-order valence-electron chi connectivity index (χ2n) is 13.1. The minimum atomic E-state index is 0.212. The van der Waals surface area contributed by atoms with Crippen LogP contribution in [-0.4, -0.2) is 28.4 Å². The minimum Gasteiger partial charge on any atom is -0.396 e. The van der Waals surface area contributed by atoms with Crippen molar-refractivity contribution in [3.8, 4) is 0 Å². The van der Waals surface area contributed by atoms with Crippen molar-refractivity contribution in [3.63, 3.8) is 0 Å². The maximum Gasteiger partial charge on any atom is 0.0462 e. The van der Waals surface area contributed by atoms with E-state index in [1.54, 1.807) is 5.57 Å². The number of allylic oxidation sites excluding steroid dienone is 3. The Morgan fingerprint density at radius 3 is 2.67 bits per heavy atom. The fraction of sp³-hybridized carbons (Fsp3) is 0.733. The fourth-order valence-electron chi connectivity index (χ4n) is 9.48. The highest BCUT2D eigenvalue weighted by molar-refractivity contribution is 5.48. The van der Waals surface area contributed by atoms with Gasteiger partial charge >= 0.3 is 0 Å². The lowest BCUT2D eigenvalue weighted by Crippen LogP contribution is -2.49. The van der Waals surface area contributed by atoms with Crippen molar-refractivity contribution in [3.05, 3.63) is 47.8 Å². The maximum atomic E-state index is 10.1. The molecule has 3 N–H and O–H groups in total. The third kappa shape index (κ3) is 3.52. The van der Waals surface area contributed by atoms with Crippen molar-refractivity contribution in [1.29, 1.82) is 0 Å². The zero-order chi connectivity index (χ0) is 23.6. The molecule has 1 heterocycles. The zero-order valence-corrected chi connectivity index (χ0v) is 21.2. The molecule has 4 aliphatic rings. The van der Waals surface area contributed by atoms with E-state index in [9.17, 15) is 10.2 Å². The van der Waals surface area contributed by atoms with Gasteiger partial charge in [-0.1, -0.05) is 51.5 Å². The van der Waals surface area contributed by atoms with Crippen LogP contribution in [-0.2, 0) is 6.42 Å². The van der Waals surface area contributed by atoms with Gasteiger partial charge < -0.3 is 15.2 Å². The standard InChI is InChI=1S/C30H45NO2/c1-19-12-25-29(5,27-26(19)28(27,3)4)20(2)24(8-11-32)16-30(25)9-6-21(15-30)13-23(18-33)14-22-7-10-31-17-22/h7,10,12,17,20-21,23-24,26-27,31-33H,1,6,8-9,11,13-16,18H2,2-5H3. The van der Waals surface area contributed by atoms with E-state index in [1.165, 1.54) is 36.8 Å². The molecule has 182 valence electrons. The number of aliphatic hydroxyl groups excluding tert-OH is 2. The Bertz CT molecular complexity index is 914. The van der Waals surface area contributed by atoms with E-state index in [1.807, 2.05) is 6.20 Å². The lowest BCUT2D eigenvalue weighted by molar-refractivity contribution is 0.00909. The summed E-state index contributed by atoms with van der Waals surface area (Å²) >= 11 is 0. The van der Waals surface area contributed by atoms with Gasteiger partial charge in [0, 0.05) is 25.6 Å². The van der Waals surface area contributed by atoms with E-state index in [0.29, 0.717) is 47.5 Å². The first-order valence-electron chi connectivity index (χ1n) is 13.4. The van der Waals surface area contributed by atoms with E-state index in [-0.39, 0.29) is 17.4 Å². The monoisotopic (exact) mass is 451 g/mol. The summed E-state index contributed by atoms with van der Waals surface area (Å²) in [5.74, 6) is 3.51. The van der Waals surface area contributed by atoms with Crippen LogP contribution in [0.4, 0.5) is 0 Å². The summed E-state index contributed by atoms with van der Waals surface area (Å²) in [6.07, 6.45) is 14.6. The number of nitrogens with one attached hydrogen (secondary N) is 1. The second kappa shape index (κ2) is 8.12. The predicted octanol–water partition coefficient (Wildman–Crippen LogP) is 6.16. The maximum absolute atomic E-state index is 10.1. The molecule has 0 amide bonds. The highest BCUT2D eigenvalue weighted by atomic mass is 16.3. The Labute approximate surface area is 200 Å². The first-order valence-corrected chi connectivity index (χ1v) is 13.4. The molecule has 1 spiro atoms. The fourth-order valence-corrected chi connectivity index (χ4v) is 9.48. The van der Waals surface area contributed by atoms with Gasteiger partial charge in [-0.25, -0.2) is 0 Å². The van der Waals surface area contributed by atoms with Crippen molar-refractivity contribution in [1.82, 2.24) is 4.98 Å². The first-order chi connectivity index (χ1) is 15.7. The molecule has 8 atom stereocenters. The summed E-state index contributed by atoms with van der Waals surface area (Å²) in [4.78, 5) is 3.16. The van der Waals surface area contributed by atoms with Crippen molar-refractivity contribution in [2.24, 2.45) is 51.8 Å². The Morgan fingerprint density at radius 1 is 1.21 bits per heavy atom. The average molecular weight is 452 g/mol. The van der Waals surface area contributed by atoms with Gasteiger partial charge in [0.25, 0.3) is 0 Å². The van der Waals surface area contributed by atoms with Gasteiger partial charge in [-0.05, 0) is 108 Å². The van der Waals surface area contributed by atoms with Crippen LogP contribution in [0.25, 0.3) is 0 Å². The van der Waals surface area contributed by atoms with E-state index in [0.717, 1.165) is 19.3 Å². The van der Waals surface area contributed by atoms with Crippen molar-refractivity contribution in [2.75, 3.05) is 13.2 Å². The van der Waals surface area contributed by atoms with Gasteiger partial charge in [0.2, 0.25) is 0 Å². The molecule has 3 nitrogen and oxygen atoms in total. The normalized spacial score (nSPS) is 42.1. The topological polar surface area (TPSA) is 56.2 Å². The SMILES string of the molecule is C=C1C=C2C3(CCC(CC(CO)Cc4cc[nH]c4)C3)CC(CCO)C(C)C2(C)C2C1C2(C)C. The molecule has 3 heteroatoms. The van der Waals surface area contributed by atoms with Crippen LogP contribution >= 0.6 is 0 Å². The predicted molar refractivity (Wildman–Crippen MR) is 135 cm³/mol. The molecule has 1 aromatic heterocycles. The summed E-state index contributed by atoms with van der Waals surface area (Å²) in [5.41, 5.74) is 5.18. The van der Waals surface area contributed by atoms with E-state index in [2.05, 4.69) is 57.6 Å². The van der Waals surface area contributed by atoms with Crippen molar-refractivity contribution < 1.29 is 10.2 Å². The second-order valence-corrected chi connectivity index (χ2v) is 13.1. The van der Waals surface area contributed by atoms with E-state index >= 15 is 0 Å². The molecule has 3 saturated carbocycles. The largest absolute Gasteiger partial charge is 0.396 e. The molecule has 0 saturated heterocycles. The van der Waals surface area contributed by atoms with Crippen molar-refractivity contribution in [2.45, 2.75) is 72.6 Å². The molecule has 1 aromatic rings. The molecule has 33 heavy (non-hydrogen) atoms. The van der Waals surface area contributed by atoms with Crippen LogP contribution in [0.5, 0.6) is 0 Å². The Hall–Kier alpha value is -1.32. The number of aliphatic hydroxyl groups is 2. The molecular weight excluding hydrogens is 406 g/mol. The van der Waals surface area contributed by atoms with Gasteiger partial charge in [-0.3, -0.25) is 0 Å². The average Bonchev–Trinajstić information content (AvgIpc) is 3.12. The highest BCUT2D eigenvalue weighted by Crippen LogP contribution is 2.79. The molecule has 5 rings (SSSR count). The molecule has 3 fully saturated rings. The molecule has 8 unspecified atom stereocenters. The first kappa shape index (κ1) is 23.4. The van der Waals surface area contributed by atoms with Crippen molar-refractivity contribution >= 4 is 0 Å². The summed E-state index contributed by atoms with van der Waals surface area (Å²) in [5, 5.41) is 20.1. The van der Waals surface area contributed by atoms with Gasteiger partial charge in [-0.2, -0.15) is 0 Å². The van der Waals surface area contributed by atoms with Crippen LogP contribution in [0.3, 0.4) is 0 Å². The molecule has 0 radical (unpaired) electrons. The zero-order valence-electron chi connectivity index (χ0n) is 21.2.